The molecule has 1 amide bonds. The Morgan fingerprint density at radius 2 is 1.28 bits per heavy atom. The Morgan fingerprint density at radius 3 is 1.72 bits per heavy atom. The van der Waals surface area contributed by atoms with Crippen LogP contribution in [0, 0.1) is 17.6 Å². The number of halogens is 4. The van der Waals surface area contributed by atoms with Gasteiger partial charge in [0.25, 0.3) is 5.82 Å². The van der Waals surface area contributed by atoms with Crippen molar-refractivity contribution in [3.8, 4) is 22.3 Å². The molecule has 6 rings (SSSR count). The van der Waals surface area contributed by atoms with E-state index in [0.717, 1.165) is 5.56 Å². The Bertz CT molecular complexity index is 2500. The maximum atomic E-state index is 14.2. The molecular weight excluding hydrogens is 1000 g/mol. The quantitative estimate of drug-likeness (QED) is 0.0217. The van der Waals surface area contributed by atoms with Crippen LogP contribution in [0.5, 0.6) is 0 Å². The van der Waals surface area contributed by atoms with Gasteiger partial charge in [0.15, 0.2) is 18.0 Å². The molecule has 1 aliphatic rings. The van der Waals surface area contributed by atoms with Crippen molar-refractivity contribution in [1.29, 1.82) is 0 Å². The van der Waals surface area contributed by atoms with Crippen molar-refractivity contribution >= 4 is 41.0 Å². The Morgan fingerprint density at radius 1 is 0.783 bits per heavy atom. The summed E-state index contributed by atoms with van der Waals surface area (Å²) in [4.78, 5) is 35.9. The Labute approximate surface area is 489 Å². The van der Waals surface area contributed by atoms with Gasteiger partial charge in [-0.25, -0.2) is 28.4 Å². The van der Waals surface area contributed by atoms with Crippen LogP contribution in [0.4, 0.5) is 8.78 Å². The molecule has 2 atom stereocenters. The summed E-state index contributed by atoms with van der Waals surface area (Å²) in [6.07, 6.45) is -2.81. The van der Waals surface area contributed by atoms with Gasteiger partial charge in [0.1, 0.15) is 11.6 Å². The van der Waals surface area contributed by atoms with Crippen LogP contribution in [0.25, 0.3) is 22.3 Å². The molecule has 0 radical (unpaired) electrons. The van der Waals surface area contributed by atoms with Crippen molar-refractivity contribution in [1.82, 2.24) is 36.1 Å². The van der Waals surface area contributed by atoms with Gasteiger partial charge in [-0.15, -0.1) is 20.4 Å². The maximum absolute atomic E-state index is 14.2. The molecule has 0 spiro atoms. The zero-order chi connectivity index (χ0) is 49.0. The zero-order valence-corrected chi connectivity index (χ0v) is 45.7. The van der Waals surface area contributed by atoms with Gasteiger partial charge in [0, 0.05) is 34.3 Å². The molecule has 0 aliphatic carbocycles. The number of H-pyrrole nitrogens is 1. The van der Waals surface area contributed by atoms with E-state index in [9.17, 15) is 43.6 Å². The molecule has 27 heteroatoms. The van der Waals surface area contributed by atoms with Gasteiger partial charge in [-0.3, -0.25) is 16.1 Å². The normalized spacial score (nSPS) is 12.2. The van der Waals surface area contributed by atoms with Gasteiger partial charge < -0.3 is 29.9 Å². The molecule has 21 nitrogen and oxygen atoms in total. The number of carbonyl (C=O) groups is 3. The number of aliphatic hydroxyl groups excluding tert-OH is 2. The summed E-state index contributed by atoms with van der Waals surface area (Å²) in [5.41, 5.74) is 6.18. The van der Waals surface area contributed by atoms with Crippen LogP contribution >= 0.6 is 23.2 Å². The van der Waals surface area contributed by atoms with Gasteiger partial charge in [0.2, 0.25) is 0 Å². The van der Waals surface area contributed by atoms with E-state index < -0.39 is 47.6 Å². The standard InChI is InChI=1S/C22H24ClFN6O4.C18H20ClFN2O3.C2H2N4O2.2K/c1-13(2)12-34-22(33)19(31)11-30(27-21(32)20-25-28-29-26-20)10-14-3-5-15(6-4-14)17-9-16(23)7-8-18(17)24;1-2-25-18(24)17(23)11-22(21)10-12-3-5-13(6-4-12)15-9-14(19)7-8-16(15)20;7-2(8)1-3-5-6-4-1;;/h3-9,13,19,31H,10-12H2,1-2H3,(H,27,32)(H,25,26,28,29);3-9,17,23H,2,10-11,21H2,1H3;7-8H;;/q;;;2*+1/p-2/t19-;17-;;;/m11.../s1. The number of hydrazine groups is 2. The fourth-order valence-corrected chi connectivity index (χ4v) is 5.87. The minimum absolute atomic E-state index is 0. The third kappa shape index (κ3) is 21.3. The third-order valence-corrected chi connectivity index (χ3v) is 9.12. The first-order valence-corrected chi connectivity index (χ1v) is 20.7. The van der Waals surface area contributed by atoms with Crippen LogP contribution in [-0.4, -0.2) is 97.2 Å². The maximum Gasteiger partial charge on any atom is 1.00 e. The van der Waals surface area contributed by atoms with Crippen LogP contribution in [-0.2, 0) is 32.2 Å². The molecule has 69 heavy (non-hydrogen) atoms. The molecular formula is C42H44Cl2F2K2N12O9. The molecule has 0 fully saturated rings. The predicted molar refractivity (Wildman–Crippen MR) is 232 cm³/mol. The average molecular weight is 1050 g/mol. The number of tetrazole rings is 1. The van der Waals surface area contributed by atoms with Gasteiger partial charge >= 0.3 is 121 Å². The minimum Gasteiger partial charge on any atom is -0.881 e. The number of nitrogens with one attached hydrogen (secondary N) is 2. The van der Waals surface area contributed by atoms with E-state index in [1.807, 2.05) is 13.8 Å². The second kappa shape index (κ2) is 31.7. The Hall–Kier alpha value is -3.59. The van der Waals surface area contributed by atoms with E-state index in [-0.39, 0.29) is 153 Å². The van der Waals surface area contributed by atoms with Crippen molar-refractivity contribution in [2.75, 3.05) is 26.3 Å². The number of aromatic nitrogens is 4. The first kappa shape index (κ1) is 61.5. The van der Waals surface area contributed by atoms with E-state index >= 15 is 0 Å². The number of nitrogens with two attached hydrogens (primary N) is 1. The van der Waals surface area contributed by atoms with E-state index in [0.29, 0.717) is 44.4 Å². The molecule has 356 valence electrons. The molecule has 1 aromatic heterocycles. The van der Waals surface area contributed by atoms with Crippen molar-refractivity contribution < 1.29 is 156 Å². The molecule has 0 saturated heterocycles. The number of aliphatic hydroxyl groups is 2. The number of esters is 2. The van der Waals surface area contributed by atoms with Crippen LogP contribution in [0.15, 0.2) is 117 Å². The summed E-state index contributed by atoms with van der Waals surface area (Å²) < 4.78 is 37.8. The van der Waals surface area contributed by atoms with Crippen molar-refractivity contribution in [3.63, 3.8) is 0 Å². The summed E-state index contributed by atoms with van der Waals surface area (Å²) in [6.45, 7) is 5.87. The first-order valence-electron chi connectivity index (χ1n) is 19.9. The van der Waals surface area contributed by atoms with Crippen LogP contribution in [0.2, 0.25) is 10.0 Å². The second-order valence-electron chi connectivity index (χ2n) is 14.4. The average Bonchev–Trinajstić information content (AvgIpc) is 4.05. The van der Waals surface area contributed by atoms with Gasteiger partial charge in [-0.05, 0) is 87.2 Å². The third-order valence-electron chi connectivity index (χ3n) is 8.65. The molecule has 1 aliphatic heterocycles. The van der Waals surface area contributed by atoms with E-state index in [1.165, 1.54) is 40.3 Å². The van der Waals surface area contributed by atoms with Gasteiger partial charge in [0.05, 0.1) is 26.3 Å². The van der Waals surface area contributed by atoms with Crippen LogP contribution < -0.4 is 124 Å². The number of rotatable bonds is 17. The monoisotopic (exact) mass is 1050 g/mol. The van der Waals surface area contributed by atoms with Gasteiger partial charge in [-0.2, -0.15) is 11.2 Å². The van der Waals surface area contributed by atoms with E-state index in [1.54, 1.807) is 61.5 Å². The topological polar surface area (TPSA) is 305 Å². The Balaban J connectivity index is 0.000000408. The molecule has 6 N–H and O–H groups in total. The molecule has 5 aromatic rings. The zero-order valence-electron chi connectivity index (χ0n) is 37.9. The fourth-order valence-electron chi connectivity index (χ4n) is 5.53. The molecule has 4 aromatic carbocycles. The number of nitrogens with zero attached hydrogens (tertiary/aromatic N) is 9. The number of carbonyl (C=O) groups excluding carboxylic acids is 3. The van der Waals surface area contributed by atoms with Crippen molar-refractivity contribution in [2.24, 2.45) is 32.4 Å². The SMILES string of the molecule is CC(C)COC(=O)[C@H](O)CN(Cc1ccc(-c2cc(Cl)ccc2F)cc1)NC(=O)c1nn[nH]n1.CCOC(=O)[C@H](O)CN(N)Cc1ccc(-c2cc(Cl)ccc2F)cc1.[K+].[K+].[O-]C([O-])=C1N=NN=N1. The molecule has 0 bridgehead atoms. The molecule has 0 unspecified atom stereocenters. The predicted octanol–water partition coefficient (Wildman–Crippen LogP) is -2.21. The number of amides is 1. The smallest absolute Gasteiger partial charge is 0.881 e. The molecule has 2 heterocycles. The van der Waals surface area contributed by atoms with Crippen LogP contribution in [0.3, 0.4) is 0 Å². The second-order valence-corrected chi connectivity index (χ2v) is 15.3. The summed E-state index contributed by atoms with van der Waals surface area (Å²) in [5, 5.41) is 67.5. The largest absolute Gasteiger partial charge is 1.00 e. The van der Waals surface area contributed by atoms with Crippen LogP contribution in [0.1, 0.15) is 42.5 Å². The number of benzene rings is 4. The summed E-state index contributed by atoms with van der Waals surface area (Å²) in [5.74, 6) is 0.812. The fraction of sp³-hybridized carbons (Fsp3) is 0.286. The summed E-state index contributed by atoms with van der Waals surface area (Å²) in [6, 6.07) is 22.7. The number of hydrogen-bond acceptors (Lipinski definition) is 19. The van der Waals surface area contributed by atoms with Gasteiger partial charge in [-0.1, -0.05) is 85.6 Å². The van der Waals surface area contributed by atoms with Crippen molar-refractivity contribution in [3.05, 3.63) is 135 Å². The number of aromatic amines is 1. The number of hydrogen-bond donors (Lipinski definition) is 5. The van der Waals surface area contributed by atoms with E-state index in [4.69, 9.17) is 38.5 Å². The summed E-state index contributed by atoms with van der Waals surface area (Å²) >= 11 is 11.9. The Kier molecular flexibility index (Phi) is 28.3. The molecule has 0 saturated carbocycles. The number of ether oxygens (including phenoxy) is 2. The van der Waals surface area contributed by atoms with E-state index in [2.05, 4.69) is 46.7 Å². The minimum atomic E-state index is -1.51. The summed E-state index contributed by atoms with van der Waals surface area (Å²) in [7, 11) is 0. The van der Waals surface area contributed by atoms with Crippen molar-refractivity contribution in [2.45, 2.75) is 46.1 Å². The first-order chi connectivity index (χ1) is 31.9.